The first-order chi connectivity index (χ1) is 12.1. The Morgan fingerprint density at radius 2 is 2.08 bits per heavy atom. The molecule has 1 fully saturated rings. The molecule has 1 saturated heterocycles. The quantitative estimate of drug-likeness (QED) is 0.721. The van der Waals surface area contributed by atoms with E-state index in [1.54, 1.807) is 11.3 Å². The van der Waals surface area contributed by atoms with E-state index in [9.17, 15) is 9.90 Å². The molecule has 3 heterocycles. The number of fused-ring (bicyclic) bond motifs is 3. The number of anilines is 1. The van der Waals surface area contributed by atoms with Crippen molar-refractivity contribution in [2.75, 3.05) is 11.4 Å². The summed E-state index contributed by atoms with van der Waals surface area (Å²) < 4.78 is 1.22. The molecular weight excluding hydrogens is 332 g/mol. The molecule has 0 saturated carbocycles. The Bertz CT molecular complexity index is 1070. The number of hydrogen-bond acceptors (Lipinski definition) is 5. The standard InChI is InChI=1S/C20H16N2O2S/c1-12-2-4-16-15(10-12)18(23)20(24)7-8-22(19(20)21-16)14-3-5-17-13(11-14)6-9-25-17/h2-6,9-11,24H,7-8H2,1H3. The van der Waals surface area contributed by atoms with Gasteiger partial charge in [0.25, 0.3) is 0 Å². The lowest BCUT2D eigenvalue weighted by Crippen LogP contribution is -2.48. The Morgan fingerprint density at radius 1 is 1.20 bits per heavy atom. The van der Waals surface area contributed by atoms with Crippen molar-refractivity contribution in [3.8, 4) is 0 Å². The molecule has 1 aromatic heterocycles. The van der Waals surface area contributed by atoms with Gasteiger partial charge in [-0.15, -0.1) is 11.3 Å². The van der Waals surface area contributed by atoms with E-state index in [2.05, 4.69) is 28.6 Å². The van der Waals surface area contributed by atoms with Crippen LogP contribution in [0.2, 0.25) is 0 Å². The number of ketones is 1. The molecule has 1 N–H and O–H groups in total. The Hall–Kier alpha value is -2.50. The third-order valence-corrected chi connectivity index (χ3v) is 5.97. The van der Waals surface area contributed by atoms with E-state index in [1.165, 1.54) is 4.70 Å². The van der Waals surface area contributed by atoms with Gasteiger partial charge in [0.2, 0.25) is 5.78 Å². The van der Waals surface area contributed by atoms with Crippen molar-refractivity contribution in [1.82, 2.24) is 0 Å². The van der Waals surface area contributed by atoms with Crippen LogP contribution in [0.5, 0.6) is 0 Å². The molecule has 5 rings (SSSR count). The van der Waals surface area contributed by atoms with Crippen LogP contribution in [0, 0.1) is 6.92 Å². The van der Waals surface area contributed by atoms with Crippen molar-refractivity contribution in [3.63, 3.8) is 0 Å². The van der Waals surface area contributed by atoms with Crippen LogP contribution < -0.4 is 4.90 Å². The van der Waals surface area contributed by atoms with Gasteiger partial charge in [0.05, 0.1) is 5.69 Å². The van der Waals surface area contributed by atoms with Crippen molar-refractivity contribution in [3.05, 3.63) is 59.0 Å². The third kappa shape index (κ3) is 2.03. The van der Waals surface area contributed by atoms with Gasteiger partial charge in [0.1, 0.15) is 5.84 Å². The summed E-state index contributed by atoms with van der Waals surface area (Å²) in [7, 11) is 0. The zero-order valence-corrected chi connectivity index (χ0v) is 14.5. The molecule has 0 amide bonds. The summed E-state index contributed by atoms with van der Waals surface area (Å²) in [6.45, 7) is 2.51. The predicted octanol–water partition coefficient (Wildman–Crippen LogP) is 4.08. The summed E-state index contributed by atoms with van der Waals surface area (Å²) >= 11 is 1.70. The lowest BCUT2D eigenvalue weighted by Gasteiger charge is -2.29. The number of nitrogens with zero attached hydrogens (tertiary/aromatic N) is 2. The van der Waals surface area contributed by atoms with Crippen molar-refractivity contribution < 1.29 is 9.90 Å². The number of aliphatic hydroxyl groups is 1. The fourth-order valence-corrected chi connectivity index (χ4v) is 4.49. The lowest BCUT2D eigenvalue weighted by molar-refractivity contribution is 0.0602. The number of benzene rings is 2. The summed E-state index contributed by atoms with van der Waals surface area (Å²) in [4.78, 5) is 19.6. The number of hydrogen-bond donors (Lipinski definition) is 1. The van der Waals surface area contributed by atoms with E-state index in [0.29, 0.717) is 30.1 Å². The Morgan fingerprint density at radius 3 is 2.96 bits per heavy atom. The van der Waals surface area contributed by atoms with E-state index < -0.39 is 5.60 Å². The normalized spacial score (nSPS) is 22.1. The SMILES string of the molecule is Cc1ccc2c(c1)C(=O)C1(O)CCN(c3ccc4sccc4c3)C1=N2. The fourth-order valence-electron chi connectivity index (χ4n) is 3.72. The Balaban J connectivity index is 1.67. The minimum Gasteiger partial charge on any atom is -0.374 e. The Kier molecular flexibility index (Phi) is 2.96. The smallest absolute Gasteiger partial charge is 0.204 e. The van der Waals surface area contributed by atoms with Crippen LogP contribution in [-0.4, -0.2) is 28.9 Å². The molecule has 0 aliphatic carbocycles. The molecule has 2 aliphatic heterocycles. The highest BCUT2D eigenvalue weighted by molar-refractivity contribution is 7.17. The molecule has 2 aliphatic rings. The summed E-state index contributed by atoms with van der Waals surface area (Å²) in [6, 6.07) is 13.9. The molecular formula is C20H16N2O2S. The van der Waals surface area contributed by atoms with E-state index in [-0.39, 0.29) is 5.78 Å². The van der Waals surface area contributed by atoms with Crippen LogP contribution in [0.15, 0.2) is 52.8 Å². The van der Waals surface area contributed by atoms with Crippen molar-refractivity contribution in [1.29, 1.82) is 0 Å². The van der Waals surface area contributed by atoms with Gasteiger partial charge in [0.15, 0.2) is 5.60 Å². The first kappa shape index (κ1) is 14.8. The number of carbonyl (C=O) groups is 1. The third-order valence-electron chi connectivity index (χ3n) is 5.07. The minimum absolute atomic E-state index is 0.240. The average molecular weight is 348 g/mol. The maximum Gasteiger partial charge on any atom is 0.204 e. The lowest BCUT2D eigenvalue weighted by atomic mass is 9.87. The van der Waals surface area contributed by atoms with Gasteiger partial charge in [-0.25, -0.2) is 4.99 Å². The number of Topliss-reactive ketones (excluding diaryl/α,β-unsaturated/α-hetero) is 1. The van der Waals surface area contributed by atoms with Gasteiger partial charge >= 0.3 is 0 Å². The maximum atomic E-state index is 13.0. The fraction of sp³-hybridized carbons (Fsp3) is 0.200. The topological polar surface area (TPSA) is 52.9 Å². The number of aliphatic imine (C=N–C) groups is 1. The maximum absolute atomic E-state index is 13.0. The van der Waals surface area contributed by atoms with Gasteiger partial charge in [-0.2, -0.15) is 0 Å². The molecule has 0 bridgehead atoms. The first-order valence-corrected chi connectivity index (χ1v) is 9.16. The van der Waals surface area contributed by atoms with Crippen molar-refractivity contribution in [2.24, 2.45) is 4.99 Å². The van der Waals surface area contributed by atoms with Crippen LogP contribution in [0.4, 0.5) is 11.4 Å². The second-order valence-corrected chi connectivity index (χ2v) is 7.64. The van der Waals surface area contributed by atoms with Gasteiger partial charge in [0, 0.05) is 28.9 Å². The van der Waals surface area contributed by atoms with Gasteiger partial charge in [-0.3, -0.25) is 4.79 Å². The number of thiophene rings is 1. The molecule has 1 unspecified atom stereocenters. The second-order valence-electron chi connectivity index (χ2n) is 6.69. The van der Waals surface area contributed by atoms with Crippen LogP contribution in [0.3, 0.4) is 0 Å². The molecule has 25 heavy (non-hydrogen) atoms. The second kappa shape index (κ2) is 5.00. The van der Waals surface area contributed by atoms with Gasteiger partial charge < -0.3 is 10.0 Å². The predicted molar refractivity (Wildman–Crippen MR) is 101 cm³/mol. The first-order valence-electron chi connectivity index (χ1n) is 8.28. The molecule has 5 heteroatoms. The number of amidine groups is 1. The van der Waals surface area contributed by atoms with Crippen LogP contribution >= 0.6 is 11.3 Å². The number of rotatable bonds is 1. The highest BCUT2D eigenvalue weighted by atomic mass is 32.1. The number of carbonyl (C=O) groups excluding carboxylic acids is 1. The van der Waals surface area contributed by atoms with Crippen LogP contribution in [-0.2, 0) is 0 Å². The minimum atomic E-state index is -1.52. The number of aryl methyl sites for hydroxylation is 1. The van der Waals surface area contributed by atoms with Crippen LogP contribution in [0.25, 0.3) is 10.1 Å². The molecule has 4 nitrogen and oxygen atoms in total. The molecule has 0 spiro atoms. The van der Waals surface area contributed by atoms with Crippen molar-refractivity contribution in [2.45, 2.75) is 18.9 Å². The largest absolute Gasteiger partial charge is 0.374 e. The molecule has 2 aromatic carbocycles. The van der Waals surface area contributed by atoms with E-state index in [0.717, 1.165) is 16.6 Å². The van der Waals surface area contributed by atoms with Gasteiger partial charge in [-0.1, -0.05) is 11.6 Å². The monoisotopic (exact) mass is 348 g/mol. The van der Waals surface area contributed by atoms with E-state index in [4.69, 9.17) is 0 Å². The molecule has 3 aromatic rings. The zero-order chi connectivity index (χ0) is 17.2. The van der Waals surface area contributed by atoms with E-state index in [1.807, 2.05) is 36.1 Å². The summed E-state index contributed by atoms with van der Waals surface area (Å²) in [5.41, 5.74) is 1.58. The summed E-state index contributed by atoms with van der Waals surface area (Å²) in [6.07, 6.45) is 0.361. The molecule has 124 valence electrons. The summed E-state index contributed by atoms with van der Waals surface area (Å²) in [5, 5.41) is 14.3. The Labute approximate surface area is 149 Å². The van der Waals surface area contributed by atoms with E-state index >= 15 is 0 Å². The summed E-state index contributed by atoms with van der Waals surface area (Å²) in [5.74, 6) is 0.207. The van der Waals surface area contributed by atoms with Gasteiger partial charge in [-0.05, 0) is 54.1 Å². The molecule has 1 atom stereocenters. The highest BCUT2D eigenvalue weighted by Crippen LogP contribution is 2.40. The molecule has 0 radical (unpaired) electrons. The van der Waals surface area contributed by atoms with Crippen molar-refractivity contribution >= 4 is 44.4 Å². The van der Waals surface area contributed by atoms with Crippen LogP contribution in [0.1, 0.15) is 22.3 Å². The zero-order valence-electron chi connectivity index (χ0n) is 13.7. The highest BCUT2D eigenvalue weighted by Gasteiger charge is 2.52. The average Bonchev–Trinajstić information content (AvgIpc) is 3.20.